The largest absolute Gasteiger partial charge is 0.370 e. The topological polar surface area (TPSA) is 37.0 Å². The SMILES string of the molecule is CC.FC(F)(CCCCc1ccc2c(n1)NCCC2)[C@@H]1CCNC1.[HH]. The van der Waals surface area contributed by atoms with Gasteiger partial charge in [0.2, 0.25) is 0 Å². The fourth-order valence-electron chi connectivity index (χ4n) is 3.39. The van der Waals surface area contributed by atoms with Crippen molar-refractivity contribution in [1.29, 1.82) is 0 Å². The highest BCUT2D eigenvalue weighted by atomic mass is 19.3. The summed E-state index contributed by atoms with van der Waals surface area (Å²) in [5.74, 6) is -2.00. The summed E-state index contributed by atoms with van der Waals surface area (Å²) in [6.45, 7) is 6.17. The lowest BCUT2D eigenvalue weighted by molar-refractivity contribution is -0.0597. The Hall–Kier alpha value is -1.23. The maximum atomic E-state index is 14.0. The van der Waals surface area contributed by atoms with E-state index in [4.69, 9.17) is 0 Å². The molecule has 3 heterocycles. The van der Waals surface area contributed by atoms with Crippen molar-refractivity contribution in [2.45, 2.75) is 64.7 Å². The molecule has 1 fully saturated rings. The molecule has 0 aliphatic carbocycles. The number of anilines is 1. The molecule has 1 saturated heterocycles. The van der Waals surface area contributed by atoms with E-state index >= 15 is 0 Å². The van der Waals surface area contributed by atoms with Gasteiger partial charge in [-0.1, -0.05) is 19.9 Å². The van der Waals surface area contributed by atoms with Crippen LogP contribution in [0.3, 0.4) is 0 Å². The van der Waals surface area contributed by atoms with Crippen molar-refractivity contribution in [2.75, 3.05) is 25.0 Å². The van der Waals surface area contributed by atoms with Gasteiger partial charge < -0.3 is 10.6 Å². The van der Waals surface area contributed by atoms with E-state index in [-0.39, 0.29) is 7.85 Å². The third-order valence-corrected chi connectivity index (χ3v) is 4.80. The molecule has 3 nitrogen and oxygen atoms in total. The first-order chi connectivity index (χ1) is 11.6. The van der Waals surface area contributed by atoms with Crippen molar-refractivity contribution in [3.63, 3.8) is 0 Å². The van der Waals surface area contributed by atoms with E-state index in [1.54, 1.807) is 0 Å². The molecule has 0 aromatic carbocycles. The van der Waals surface area contributed by atoms with E-state index in [9.17, 15) is 8.78 Å². The lowest BCUT2D eigenvalue weighted by atomic mass is 9.95. The number of nitrogens with one attached hydrogen (secondary N) is 2. The van der Waals surface area contributed by atoms with Crippen molar-refractivity contribution in [2.24, 2.45) is 5.92 Å². The smallest absolute Gasteiger partial charge is 0.252 e. The number of alkyl halides is 2. The van der Waals surface area contributed by atoms with E-state index in [1.807, 2.05) is 19.9 Å². The number of aryl methyl sites for hydroxylation is 2. The molecule has 0 bridgehead atoms. The average Bonchev–Trinajstić information content (AvgIpc) is 3.16. The van der Waals surface area contributed by atoms with Crippen LogP contribution in [-0.4, -0.2) is 30.5 Å². The standard InChI is InChI=1S/C17H25F2N3.C2H6.H2/c18-17(19,14-8-11-20-12-14)9-2-1-5-15-7-6-13-4-3-10-21-16(13)22-15;1-2;/h6-7,14,20H,1-5,8-12H2,(H,21,22);1-2H3;1H/t14-;;/m1../s1. The van der Waals surface area contributed by atoms with Crippen LogP contribution in [0.15, 0.2) is 12.1 Å². The first-order valence-electron chi connectivity index (χ1n) is 9.46. The van der Waals surface area contributed by atoms with Gasteiger partial charge in [0, 0.05) is 32.5 Å². The number of aromatic nitrogens is 1. The average molecular weight is 341 g/mol. The molecule has 2 aliphatic rings. The lowest BCUT2D eigenvalue weighted by Crippen LogP contribution is -2.29. The van der Waals surface area contributed by atoms with Crippen LogP contribution in [0, 0.1) is 5.92 Å². The zero-order valence-electron chi connectivity index (χ0n) is 15.0. The summed E-state index contributed by atoms with van der Waals surface area (Å²) < 4.78 is 28.0. The van der Waals surface area contributed by atoms with Gasteiger partial charge in [-0.15, -0.1) is 0 Å². The summed E-state index contributed by atoms with van der Waals surface area (Å²) in [5, 5.41) is 6.34. The van der Waals surface area contributed by atoms with E-state index in [2.05, 4.69) is 21.7 Å². The lowest BCUT2D eigenvalue weighted by Gasteiger charge is -2.22. The third kappa shape index (κ3) is 5.13. The Morgan fingerprint density at radius 1 is 1.25 bits per heavy atom. The van der Waals surface area contributed by atoms with Crippen LogP contribution in [0.5, 0.6) is 0 Å². The highest BCUT2D eigenvalue weighted by Crippen LogP contribution is 2.34. The van der Waals surface area contributed by atoms with E-state index < -0.39 is 11.8 Å². The van der Waals surface area contributed by atoms with Crippen LogP contribution >= 0.6 is 0 Å². The minimum Gasteiger partial charge on any atom is -0.370 e. The van der Waals surface area contributed by atoms with Crippen molar-refractivity contribution < 1.29 is 10.2 Å². The van der Waals surface area contributed by atoms with Crippen LogP contribution in [0.1, 0.15) is 58.6 Å². The minimum absolute atomic E-state index is 0. The molecule has 1 atom stereocenters. The second-order valence-electron chi connectivity index (χ2n) is 6.50. The number of halogens is 2. The maximum Gasteiger partial charge on any atom is 0.252 e. The predicted octanol–water partition coefficient (Wildman–Crippen LogP) is 4.67. The van der Waals surface area contributed by atoms with Crippen LogP contribution < -0.4 is 10.6 Å². The Labute approximate surface area is 146 Å². The van der Waals surface area contributed by atoms with E-state index in [1.165, 1.54) is 5.56 Å². The molecule has 0 unspecified atom stereocenters. The minimum atomic E-state index is -2.52. The molecule has 3 rings (SSSR count). The number of rotatable bonds is 6. The van der Waals surface area contributed by atoms with Crippen LogP contribution in [0.25, 0.3) is 0 Å². The highest BCUT2D eigenvalue weighted by Gasteiger charge is 2.39. The van der Waals surface area contributed by atoms with E-state index in [0.29, 0.717) is 19.4 Å². The van der Waals surface area contributed by atoms with Gasteiger partial charge in [-0.25, -0.2) is 13.8 Å². The molecule has 0 amide bonds. The number of nitrogens with zero attached hydrogens (tertiary/aromatic N) is 1. The van der Waals surface area contributed by atoms with Crippen molar-refractivity contribution in [1.82, 2.24) is 10.3 Å². The zero-order chi connectivity index (χ0) is 17.4. The molecule has 24 heavy (non-hydrogen) atoms. The second-order valence-corrected chi connectivity index (χ2v) is 6.50. The molecule has 2 aliphatic heterocycles. The molecule has 1 aromatic rings. The number of unbranched alkanes of at least 4 members (excludes halogenated alkanes) is 1. The van der Waals surface area contributed by atoms with Crippen molar-refractivity contribution in [3.05, 3.63) is 23.4 Å². The fraction of sp³-hybridized carbons (Fsp3) is 0.737. The first kappa shape index (κ1) is 19.1. The Morgan fingerprint density at radius 3 is 2.83 bits per heavy atom. The number of fused-ring (bicyclic) bond motifs is 1. The van der Waals surface area contributed by atoms with E-state index in [0.717, 1.165) is 50.3 Å². The highest BCUT2D eigenvalue weighted by molar-refractivity contribution is 5.46. The summed E-state index contributed by atoms with van der Waals surface area (Å²) in [7, 11) is 0. The van der Waals surface area contributed by atoms with Gasteiger partial charge in [-0.3, -0.25) is 0 Å². The van der Waals surface area contributed by atoms with Gasteiger partial charge in [0.15, 0.2) is 0 Å². The molecule has 0 spiro atoms. The molecule has 1 aromatic heterocycles. The zero-order valence-corrected chi connectivity index (χ0v) is 15.0. The molecular formula is C19H33F2N3. The molecule has 5 heteroatoms. The van der Waals surface area contributed by atoms with Gasteiger partial charge in [0.05, 0.1) is 0 Å². The maximum absolute atomic E-state index is 14.0. The summed E-state index contributed by atoms with van der Waals surface area (Å²) in [6, 6.07) is 4.17. The van der Waals surface area contributed by atoms with Gasteiger partial charge in [0.25, 0.3) is 5.92 Å². The van der Waals surface area contributed by atoms with Gasteiger partial charge >= 0.3 is 0 Å². The Balaban J connectivity index is 0.00000101. The van der Waals surface area contributed by atoms with Crippen LogP contribution in [-0.2, 0) is 12.8 Å². The van der Waals surface area contributed by atoms with Crippen molar-refractivity contribution >= 4 is 5.82 Å². The summed E-state index contributed by atoms with van der Waals surface area (Å²) in [6.07, 6.45) is 4.97. The summed E-state index contributed by atoms with van der Waals surface area (Å²) in [4.78, 5) is 4.62. The van der Waals surface area contributed by atoms with Crippen LogP contribution in [0.4, 0.5) is 14.6 Å². The third-order valence-electron chi connectivity index (χ3n) is 4.80. The molecular weight excluding hydrogens is 308 g/mol. The number of hydrogen-bond donors (Lipinski definition) is 2. The van der Waals surface area contributed by atoms with Crippen molar-refractivity contribution in [3.8, 4) is 0 Å². The van der Waals surface area contributed by atoms with Gasteiger partial charge in [-0.2, -0.15) is 0 Å². The Morgan fingerprint density at radius 2 is 2.08 bits per heavy atom. The monoisotopic (exact) mass is 341 g/mol. The van der Waals surface area contributed by atoms with Crippen LogP contribution in [0.2, 0.25) is 0 Å². The summed E-state index contributed by atoms with van der Waals surface area (Å²) in [5.41, 5.74) is 2.29. The number of pyridine rings is 1. The normalized spacial score (nSPS) is 19.9. The summed E-state index contributed by atoms with van der Waals surface area (Å²) >= 11 is 0. The fourth-order valence-corrected chi connectivity index (χ4v) is 3.39. The number of hydrogen-bond acceptors (Lipinski definition) is 3. The second kappa shape index (κ2) is 9.30. The Kier molecular flexibility index (Phi) is 7.40. The quantitative estimate of drug-likeness (QED) is 0.738. The Bertz CT molecular complexity index is 505. The van der Waals surface area contributed by atoms with Gasteiger partial charge in [-0.05, 0) is 56.7 Å². The first-order valence-corrected chi connectivity index (χ1v) is 9.46. The molecule has 2 N–H and O–H groups in total. The van der Waals surface area contributed by atoms with Gasteiger partial charge in [0.1, 0.15) is 5.82 Å². The predicted molar refractivity (Wildman–Crippen MR) is 98.0 cm³/mol. The molecule has 138 valence electrons. The molecule has 0 saturated carbocycles. The molecule has 0 radical (unpaired) electrons.